The van der Waals surface area contributed by atoms with Crippen LogP contribution in [0.4, 0.5) is 5.82 Å². The summed E-state index contributed by atoms with van der Waals surface area (Å²) in [5, 5.41) is 3.27. The van der Waals surface area contributed by atoms with Crippen molar-refractivity contribution >= 4 is 17.4 Å². The summed E-state index contributed by atoms with van der Waals surface area (Å²) >= 11 is 6.18. The van der Waals surface area contributed by atoms with Crippen LogP contribution in [-0.2, 0) is 0 Å². The van der Waals surface area contributed by atoms with Crippen LogP contribution in [0.25, 0.3) is 0 Å². The minimum Gasteiger partial charge on any atom is -0.477 e. The minimum atomic E-state index is 0.104. The standard InChI is InChI=1S/C12H20ClN3O/c1-4-17-12-8-14-7-11(16-12)15-6-10(13)5-9(2)3/h7-10H,4-6H2,1-3H3,(H,15,16). The summed E-state index contributed by atoms with van der Waals surface area (Å²) in [6, 6.07) is 0. The molecule has 1 aromatic heterocycles. The lowest BCUT2D eigenvalue weighted by atomic mass is 10.1. The van der Waals surface area contributed by atoms with Crippen molar-refractivity contribution in [3.05, 3.63) is 12.4 Å². The Morgan fingerprint density at radius 1 is 1.41 bits per heavy atom. The second-order valence-corrected chi connectivity index (χ2v) is 4.90. The first-order valence-corrected chi connectivity index (χ1v) is 6.38. The maximum atomic E-state index is 6.18. The van der Waals surface area contributed by atoms with Crippen LogP contribution in [0.2, 0.25) is 0 Å². The molecular weight excluding hydrogens is 238 g/mol. The van der Waals surface area contributed by atoms with E-state index < -0.39 is 0 Å². The zero-order chi connectivity index (χ0) is 12.7. The smallest absolute Gasteiger partial charge is 0.234 e. The van der Waals surface area contributed by atoms with Crippen molar-refractivity contribution in [3.63, 3.8) is 0 Å². The molecule has 1 aromatic rings. The van der Waals surface area contributed by atoms with E-state index in [2.05, 4.69) is 29.1 Å². The van der Waals surface area contributed by atoms with E-state index in [-0.39, 0.29) is 5.38 Å². The maximum Gasteiger partial charge on any atom is 0.234 e. The largest absolute Gasteiger partial charge is 0.477 e. The number of nitrogens with zero attached hydrogens (tertiary/aromatic N) is 2. The van der Waals surface area contributed by atoms with Crippen molar-refractivity contribution < 1.29 is 4.74 Å². The van der Waals surface area contributed by atoms with E-state index in [0.717, 1.165) is 6.42 Å². The zero-order valence-corrected chi connectivity index (χ0v) is 11.4. The fourth-order valence-corrected chi connectivity index (χ4v) is 1.89. The van der Waals surface area contributed by atoms with Gasteiger partial charge in [-0.1, -0.05) is 13.8 Å². The number of nitrogens with one attached hydrogen (secondary N) is 1. The Balaban J connectivity index is 2.43. The van der Waals surface area contributed by atoms with E-state index >= 15 is 0 Å². The average Bonchev–Trinajstić information content (AvgIpc) is 2.26. The molecule has 0 radical (unpaired) electrons. The quantitative estimate of drug-likeness (QED) is 0.763. The van der Waals surface area contributed by atoms with E-state index in [9.17, 15) is 0 Å². The first-order chi connectivity index (χ1) is 8.11. The number of hydrogen-bond acceptors (Lipinski definition) is 4. The molecule has 0 saturated heterocycles. The van der Waals surface area contributed by atoms with Crippen molar-refractivity contribution in [1.82, 2.24) is 9.97 Å². The van der Waals surface area contributed by atoms with Crippen molar-refractivity contribution in [2.24, 2.45) is 5.92 Å². The Kier molecular flexibility index (Phi) is 6.05. The van der Waals surface area contributed by atoms with Crippen molar-refractivity contribution in [3.8, 4) is 5.88 Å². The molecule has 5 heteroatoms. The van der Waals surface area contributed by atoms with Gasteiger partial charge < -0.3 is 10.1 Å². The van der Waals surface area contributed by atoms with Gasteiger partial charge in [0.05, 0.1) is 24.4 Å². The fourth-order valence-electron chi connectivity index (χ4n) is 1.46. The van der Waals surface area contributed by atoms with E-state index in [4.69, 9.17) is 16.3 Å². The van der Waals surface area contributed by atoms with Gasteiger partial charge in [0.2, 0.25) is 5.88 Å². The lowest BCUT2D eigenvalue weighted by Crippen LogP contribution is -2.17. The van der Waals surface area contributed by atoms with Gasteiger partial charge in [0, 0.05) is 6.54 Å². The third-order valence-corrected chi connectivity index (χ3v) is 2.47. The molecule has 0 amide bonds. The number of hydrogen-bond donors (Lipinski definition) is 1. The molecule has 0 aliphatic carbocycles. The summed E-state index contributed by atoms with van der Waals surface area (Å²) in [6.45, 7) is 7.50. The van der Waals surface area contributed by atoms with Gasteiger partial charge in [0.25, 0.3) is 0 Å². The van der Waals surface area contributed by atoms with E-state index in [1.165, 1.54) is 0 Å². The predicted molar refractivity (Wildman–Crippen MR) is 70.8 cm³/mol. The molecule has 96 valence electrons. The van der Waals surface area contributed by atoms with Crippen molar-refractivity contribution in [2.75, 3.05) is 18.5 Å². The number of anilines is 1. The summed E-state index contributed by atoms with van der Waals surface area (Å²) in [5.41, 5.74) is 0. The van der Waals surface area contributed by atoms with Gasteiger partial charge >= 0.3 is 0 Å². The first-order valence-electron chi connectivity index (χ1n) is 5.94. The summed E-state index contributed by atoms with van der Waals surface area (Å²) < 4.78 is 5.27. The Morgan fingerprint density at radius 3 is 2.82 bits per heavy atom. The number of aromatic nitrogens is 2. The van der Waals surface area contributed by atoms with Crippen LogP contribution in [0.15, 0.2) is 12.4 Å². The Bertz CT molecular complexity index is 333. The molecule has 1 N–H and O–H groups in total. The number of rotatable bonds is 7. The molecule has 0 fully saturated rings. The van der Waals surface area contributed by atoms with Crippen LogP contribution in [0, 0.1) is 5.92 Å². The van der Waals surface area contributed by atoms with Crippen LogP contribution in [0.5, 0.6) is 5.88 Å². The van der Waals surface area contributed by atoms with Crippen LogP contribution in [-0.4, -0.2) is 28.5 Å². The molecule has 0 aromatic carbocycles. The third-order valence-electron chi connectivity index (χ3n) is 2.14. The Hall–Kier alpha value is -1.03. The highest BCUT2D eigenvalue weighted by atomic mass is 35.5. The van der Waals surface area contributed by atoms with Crippen molar-refractivity contribution in [1.29, 1.82) is 0 Å². The molecule has 17 heavy (non-hydrogen) atoms. The molecule has 0 bridgehead atoms. The van der Waals surface area contributed by atoms with Gasteiger partial charge in [-0.3, -0.25) is 4.98 Å². The first kappa shape index (κ1) is 14.0. The summed E-state index contributed by atoms with van der Waals surface area (Å²) in [4.78, 5) is 8.31. The molecule has 0 saturated carbocycles. The van der Waals surface area contributed by atoms with Gasteiger partial charge in [0.1, 0.15) is 5.82 Å². The lowest BCUT2D eigenvalue weighted by molar-refractivity contribution is 0.325. The van der Waals surface area contributed by atoms with Crippen LogP contribution >= 0.6 is 11.6 Å². The van der Waals surface area contributed by atoms with Gasteiger partial charge in [-0.2, -0.15) is 4.98 Å². The van der Waals surface area contributed by atoms with Gasteiger partial charge in [0.15, 0.2) is 0 Å². The normalized spacial score (nSPS) is 12.5. The van der Waals surface area contributed by atoms with Crippen LogP contribution < -0.4 is 10.1 Å². The Morgan fingerprint density at radius 2 is 2.18 bits per heavy atom. The minimum absolute atomic E-state index is 0.104. The molecule has 1 heterocycles. The molecule has 1 unspecified atom stereocenters. The van der Waals surface area contributed by atoms with E-state index in [0.29, 0.717) is 30.8 Å². The topological polar surface area (TPSA) is 47.0 Å². The number of alkyl halides is 1. The zero-order valence-electron chi connectivity index (χ0n) is 10.6. The van der Waals surface area contributed by atoms with Gasteiger partial charge in [-0.25, -0.2) is 0 Å². The summed E-state index contributed by atoms with van der Waals surface area (Å²) in [7, 11) is 0. The van der Waals surface area contributed by atoms with Crippen LogP contribution in [0.3, 0.4) is 0 Å². The second kappa shape index (κ2) is 7.33. The SMILES string of the molecule is CCOc1cncc(NCC(Cl)CC(C)C)n1. The van der Waals surface area contributed by atoms with E-state index in [1.54, 1.807) is 12.4 Å². The molecule has 4 nitrogen and oxygen atoms in total. The molecule has 1 rings (SSSR count). The second-order valence-electron chi connectivity index (χ2n) is 4.28. The monoisotopic (exact) mass is 257 g/mol. The molecule has 0 aliphatic rings. The van der Waals surface area contributed by atoms with E-state index in [1.807, 2.05) is 6.92 Å². The lowest BCUT2D eigenvalue weighted by Gasteiger charge is -2.13. The molecule has 0 spiro atoms. The molecule has 0 aliphatic heterocycles. The third kappa shape index (κ3) is 5.73. The number of ether oxygens (including phenoxy) is 1. The highest BCUT2D eigenvalue weighted by molar-refractivity contribution is 6.20. The summed E-state index contributed by atoms with van der Waals surface area (Å²) in [5.74, 6) is 1.83. The Labute approximate surface area is 108 Å². The number of halogens is 1. The predicted octanol–water partition coefficient (Wildman–Crippen LogP) is 2.94. The highest BCUT2D eigenvalue weighted by Crippen LogP contribution is 2.13. The average molecular weight is 258 g/mol. The fraction of sp³-hybridized carbons (Fsp3) is 0.667. The van der Waals surface area contributed by atoms with Gasteiger partial charge in [-0.15, -0.1) is 11.6 Å². The molecular formula is C12H20ClN3O. The van der Waals surface area contributed by atoms with Crippen LogP contribution in [0.1, 0.15) is 27.2 Å². The molecule has 1 atom stereocenters. The highest BCUT2D eigenvalue weighted by Gasteiger charge is 2.07. The summed E-state index contributed by atoms with van der Waals surface area (Å²) in [6.07, 6.45) is 4.25. The van der Waals surface area contributed by atoms with Crippen molar-refractivity contribution in [2.45, 2.75) is 32.6 Å². The maximum absolute atomic E-state index is 6.18. The van der Waals surface area contributed by atoms with Gasteiger partial charge in [-0.05, 0) is 19.3 Å².